The number of benzene rings is 2. The van der Waals surface area contributed by atoms with Crippen molar-refractivity contribution >= 4 is 16.9 Å². The minimum absolute atomic E-state index is 0.0193. The summed E-state index contributed by atoms with van der Waals surface area (Å²) in [6.45, 7) is 0.901. The van der Waals surface area contributed by atoms with Gasteiger partial charge in [0.15, 0.2) is 0 Å². The van der Waals surface area contributed by atoms with Gasteiger partial charge in [0.1, 0.15) is 17.0 Å². The van der Waals surface area contributed by atoms with Crippen LogP contribution in [-0.4, -0.2) is 38.2 Å². The molecule has 162 valence electrons. The van der Waals surface area contributed by atoms with Gasteiger partial charge in [-0.25, -0.2) is 18.8 Å². The maximum atomic E-state index is 13.2. The molecule has 1 atom stereocenters. The van der Waals surface area contributed by atoms with E-state index in [0.717, 1.165) is 18.5 Å². The molecular formula is C24H22N4O4. The second kappa shape index (κ2) is 7.96. The number of para-hydroxylation sites is 2. The molecule has 0 N–H and O–H groups in total. The lowest BCUT2D eigenvalue weighted by atomic mass is 9.96. The minimum atomic E-state index is -0.644. The number of carbonyl (C=O) groups is 1. The Balaban J connectivity index is 1.48. The molecule has 0 radical (unpaired) electrons. The SMILES string of the molecule is Cn1nc([C@@H]2CCCN(C(=O)c3cc4ccccc4oc3=O)C2)n(-c2ccccc2)c1=O. The van der Waals surface area contributed by atoms with E-state index < -0.39 is 5.63 Å². The first-order valence-electron chi connectivity index (χ1n) is 10.6. The smallest absolute Gasteiger partial charge is 0.350 e. The van der Waals surface area contributed by atoms with Crippen molar-refractivity contribution in [3.05, 3.63) is 93.0 Å². The lowest BCUT2D eigenvalue weighted by molar-refractivity contribution is 0.0699. The molecule has 0 spiro atoms. The van der Waals surface area contributed by atoms with Crippen molar-refractivity contribution in [2.75, 3.05) is 13.1 Å². The molecule has 2 aromatic heterocycles. The Kier molecular flexibility index (Phi) is 4.97. The van der Waals surface area contributed by atoms with Crippen LogP contribution in [0.1, 0.15) is 34.9 Å². The number of aryl methyl sites for hydroxylation is 1. The minimum Gasteiger partial charge on any atom is -0.422 e. The fourth-order valence-corrected chi connectivity index (χ4v) is 4.32. The second-order valence-corrected chi connectivity index (χ2v) is 8.01. The largest absolute Gasteiger partial charge is 0.422 e. The van der Waals surface area contributed by atoms with Crippen LogP contribution in [0.15, 0.2) is 74.7 Å². The van der Waals surface area contributed by atoms with E-state index in [1.807, 2.05) is 36.4 Å². The molecule has 0 bridgehead atoms. The highest BCUT2D eigenvalue weighted by molar-refractivity contribution is 5.96. The number of rotatable bonds is 3. The normalized spacial score (nSPS) is 16.4. The molecule has 1 saturated heterocycles. The Hall–Kier alpha value is -3.94. The standard InChI is InChI=1S/C24H22N4O4/c1-26-24(31)28(18-10-3-2-4-11-18)21(25-26)17-9-7-13-27(15-17)22(29)19-14-16-8-5-6-12-20(16)32-23(19)30/h2-6,8,10-12,14,17H,7,9,13,15H2,1H3/t17-/m1/s1. The van der Waals surface area contributed by atoms with E-state index in [-0.39, 0.29) is 23.1 Å². The van der Waals surface area contributed by atoms with Crippen molar-refractivity contribution in [1.29, 1.82) is 0 Å². The Bertz CT molecular complexity index is 1420. The molecular weight excluding hydrogens is 408 g/mol. The van der Waals surface area contributed by atoms with Gasteiger partial charge >= 0.3 is 11.3 Å². The fourth-order valence-electron chi connectivity index (χ4n) is 4.32. The summed E-state index contributed by atoms with van der Waals surface area (Å²) in [5.74, 6) is 0.125. The number of piperidine rings is 1. The molecule has 8 nitrogen and oxygen atoms in total. The molecule has 0 aliphatic carbocycles. The average molecular weight is 430 g/mol. The van der Waals surface area contributed by atoms with Gasteiger partial charge in [-0.3, -0.25) is 4.79 Å². The van der Waals surface area contributed by atoms with Crippen LogP contribution >= 0.6 is 0 Å². The molecule has 0 saturated carbocycles. The topological polar surface area (TPSA) is 90.3 Å². The number of amides is 1. The van der Waals surface area contributed by atoms with Crippen LogP contribution < -0.4 is 11.3 Å². The van der Waals surface area contributed by atoms with Gasteiger partial charge in [-0.05, 0) is 37.1 Å². The third kappa shape index (κ3) is 3.43. The summed E-state index contributed by atoms with van der Waals surface area (Å²) >= 11 is 0. The predicted octanol–water partition coefficient (Wildman–Crippen LogP) is 2.70. The van der Waals surface area contributed by atoms with E-state index >= 15 is 0 Å². The zero-order chi connectivity index (χ0) is 22.2. The summed E-state index contributed by atoms with van der Waals surface area (Å²) in [6, 6.07) is 18.1. The summed E-state index contributed by atoms with van der Waals surface area (Å²) in [7, 11) is 1.62. The molecule has 1 fully saturated rings. The van der Waals surface area contributed by atoms with Crippen LogP contribution in [0.2, 0.25) is 0 Å². The molecule has 1 aliphatic rings. The number of nitrogens with zero attached hydrogens (tertiary/aromatic N) is 4. The van der Waals surface area contributed by atoms with Crippen molar-refractivity contribution in [2.45, 2.75) is 18.8 Å². The molecule has 1 amide bonds. The highest BCUT2D eigenvalue weighted by Crippen LogP contribution is 2.27. The van der Waals surface area contributed by atoms with Gasteiger partial charge in [0.2, 0.25) is 0 Å². The summed E-state index contributed by atoms with van der Waals surface area (Å²) in [5, 5.41) is 5.18. The first-order chi connectivity index (χ1) is 15.5. The number of hydrogen-bond acceptors (Lipinski definition) is 5. The Morgan fingerprint density at radius 3 is 2.62 bits per heavy atom. The van der Waals surface area contributed by atoms with E-state index in [2.05, 4.69) is 5.10 Å². The van der Waals surface area contributed by atoms with Gasteiger partial charge in [0, 0.05) is 31.4 Å². The van der Waals surface area contributed by atoms with Gasteiger partial charge in [0.25, 0.3) is 5.91 Å². The zero-order valence-corrected chi connectivity index (χ0v) is 17.6. The predicted molar refractivity (Wildman–Crippen MR) is 119 cm³/mol. The molecule has 5 rings (SSSR count). The van der Waals surface area contributed by atoms with Crippen LogP contribution in [0.4, 0.5) is 0 Å². The lowest BCUT2D eigenvalue weighted by Crippen LogP contribution is -2.41. The van der Waals surface area contributed by atoms with Crippen molar-refractivity contribution < 1.29 is 9.21 Å². The quantitative estimate of drug-likeness (QED) is 0.466. The monoisotopic (exact) mass is 430 g/mol. The van der Waals surface area contributed by atoms with Crippen LogP contribution in [0.25, 0.3) is 16.7 Å². The lowest BCUT2D eigenvalue weighted by Gasteiger charge is -2.32. The van der Waals surface area contributed by atoms with Gasteiger partial charge in [-0.15, -0.1) is 0 Å². The van der Waals surface area contributed by atoms with Crippen molar-refractivity contribution in [1.82, 2.24) is 19.2 Å². The molecule has 32 heavy (non-hydrogen) atoms. The number of carbonyl (C=O) groups excluding carboxylic acids is 1. The molecule has 4 aromatic rings. The number of aromatic nitrogens is 3. The Morgan fingerprint density at radius 1 is 1.06 bits per heavy atom. The third-order valence-electron chi connectivity index (χ3n) is 5.91. The zero-order valence-electron chi connectivity index (χ0n) is 17.6. The molecule has 1 aliphatic heterocycles. The van der Waals surface area contributed by atoms with Gasteiger partial charge < -0.3 is 9.32 Å². The number of fused-ring (bicyclic) bond motifs is 1. The van der Waals surface area contributed by atoms with Crippen molar-refractivity contribution in [3.8, 4) is 5.69 Å². The van der Waals surface area contributed by atoms with Crippen molar-refractivity contribution in [2.24, 2.45) is 7.05 Å². The van der Waals surface area contributed by atoms with Gasteiger partial charge in [-0.1, -0.05) is 36.4 Å². The van der Waals surface area contributed by atoms with Gasteiger partial charge in [-0.2, -0.15) is 5.10 Å². The summed E-state index contributed by atoms with van der Waals surface area (Å²) < 4.78 is 8.27. The maximum absolute atomic E-state index is 13.2. The summed E-state index contributed by atoms with van der Waals surface area (Å²) in [5.41, 5.74) is 0.329. The van der Waals surface area contributed by atoms with E-state index in [4.69, 9.17) is 4.42 Å². The van der Waals surface area contributed by atoms with E-state index in [9.17, 15) is 14.4 Å². The molecule has 2 aromatic carbocycles. The highest BCUT2D eigenvalue weighted by Gasteiger charge is 2.31. The summed E-state index contributed by atoms with van der Waals surface area (Å²) in [6.07, 6.45) is 1.54. The average Bonchev–Trinajstić information content (AvgIpc) is 3.13. The second-order valence-electron chi connectivity index (χ2n) is 8.01. The first kappa shape index (κ1) is 20.0. The number of likely N-dealkylation sites (tertiary alicyclic amines) is 1. The number of hydrogen-bond donors (Lipinski definition) is 0. The van der Waals surface area contributed by atoms with Crippen molar-refractivity contribution in [3.63, 3.8) is 0 Å². The van der Waals surface area contributed by atoms with E-state index in [1.54, 1.807) is 40.8 Å². The van der Waals surface area contributed by atoms with Crippen LogP contribution in [-0.2, 0) is 7.05 Å². The maximum Gasteiger partial charge on any atom is 0.350 e. The molecule has 0 unspecified atom stereocenters. The Labute approximate surface area is 183 Å². The van der Waals surface area contributed by atoms with E-state index in [1.165, 1.54) is 4.68 Å². The molecule has 8 heteroatoms. The third-order valence-corrected chi connectivity index (χ3v) is 5.91. The Morgan fingerprint density at radius 2 is 1.81 bits per heavy atom. The van der Waals surface area contributed by atoms with E-state index in [0.29, 0.717) is 29.9 Å². The van der Waals surface area contributed by atoms with Crippen LogP contribution in [0.5, 0.6) is 0 Å². The molecule has 3 heterocycles. The highest BCUT2D eigenvalue weighted by atomic mass is 16.4. The van der Waals surface area contributed by atoms with Gasteiger partial charge in [0.05, 0.1) is 5.69 Å². The van der Waals surface area contributed by atoms with Crippen LogP contribution in [0.3, 0.4) is 0 Å². The van der Waals surface area contributed by atoms with Crippen LogP contribution in [0, 0.1) is 0 Å². The fraction of sp³-hybridized carbons (Fsp3) is 0.250. The summed E-state index contributed by atoms with van der Waals surface area (Å²) in [4.78, 5) is 40.1. The first-order valence-corrected chi connectivity index (χ1v) is 10.6.